The van der Waals surface area contributed by atoms with Gasteiger partial charge in [0.05, 0.1) is 5.52 Å². The molecule has 3 heterocycles. The van der Waals surface area contributed by atoms with Crippen molar-refractivity contribution in [2.24, 2.45) is 5.92 Å². The second-order valence-electron chi connectivity index (χ2n) is 8.27. The molecule has 1 saturated carbocycles. The van der Waals surface area contributed by atoms with Crippen LogP contribution in [0.2, 0.25) is 0 Å². The van der Waals surface area contributed by atoms with Crippen LogP contribution >= 0.6 is 0 Å². The van der Waals surface area contributed by atoms with Crippen molar-refractivity contribution in [3.05, 3.63) is 48.8 Å². The van der Waals surface area contributed by atoms with Crippen LogP contribution in [0.1, 0.15) is 32.1 Å². The predicted octanol–water partition coefficient (Wildman–Crippen LogP) is 3.92. The Bertz CT molecular complexity index is 1030. The lowest BCUT2D eigenvalue weighted by molar-refractivity contribution is -0.135. The maximum Gasteiger partial charge on any atom is 0.225 e. The van der Waals surface area contributed by atoms with Gasteiger partial charge in [-0.3, -0.25) is 9.78 Å². The number of hydrogen-bond donors (Lipinski definition) is 0. The molecule has 1 aliphatic heterocycles. The third kappa shape index (κ3) is 3.74. The van der Waals surface area contributed by atoms with E-state index in [0.717, 1.165) is 67.7 Å². The zero-order chi connectivity index (χ0) is 20.3. The van der Waals surface area contributed by atoms with Gasteiger partial charge in [0.15, 0.2) is 5.82 Å². The molecule has 1 aliphatic carbocycles. The van der Waals surface area contributed by atoms with Gasteiger partial charge in [-0.2, -0.15) is 0 Å². The zero-order valence-electron chi connectivity index (χ0n) is 17.2. The molecule has 0 radical (unpaired) electrons. The molecule has 2 fully saturated rings. The summed E-state index contributed by atoms with van der Waals surface area (Å²) in [6.45, 7) is 3.30. The van der Waals surface area contributed by atoms with Crippen LogP contribution in [0.3, 0.4) is 0 Å². The van der Waals surface area contributed by atoms with Gasteiger partial charge in [0.1, 0.15) is 5.82 Å². The number of carbonyl (C=O) groups is 1. The molecule has 2 aromatic heterocycles. The van der Waals surface area contributed by atoms with Crippen molar-refractivity contribution in [2.75, 3.05) is 31.1 Å². The summed E-state index contributed by atoms with van der Waals surface area (Å²) < 4.78 is 0. The van der Waals surface area contributed by atoms with Crippen LogP contribution in [0.15, 0.2) is 48.8 Å². The number of benzene rings is 1. The summed E-state index contributed by atoms with van der Waals surface area (Å²) in [6.07, 6.45) is 9.01. The molecule has 3 aromatic rings. The first-order chi connectivity index (χ1) is 14.8. The highest BCUT2D eigenvalue weighted by atomic mass is 16.2. The number of carbonyl (C=O) groups excluding carboxylic acids is 1. The quantitative estimate of drug-likeness (QED) is 0.666. The lowest BCUT2D eigenvalue weighted by atomic mass is 10.1. The van der Waals surface area contributed by atoms with Crippen molar-refractivity contribution < 1.29 is 4.79 Å². The molecule has 1 aromatic carbocycles. The van der Waals surface area contributed by atoms with Crippen LogP contribution in [-0.4, -0.2) is 51.9 Å². The summed E-state index contributed by atoms with van der Waals surface area (Å²) in [7, 11) is 0. The Kier molecular flexibility index (Phi) is 5.30. The summed E-state index contributed by atoms with van der Waals surface area (Å²) in [6, 6.07) is 12.1. The van der Waals surface area contributed by atoms with Gasteiger partial charge in [0.25, 0.3) is 0 Å². The number of para-hydroxylation sites is 1. The Balaban J connectivity index is 1.44. The Morgan fingerprint density at radius 3 is 2.50 bits per heavy atom. The first-order valence-electron chi connectivity index (χ1n) is 11.0. The van der Waals surface area contributed by atoms with Gasteiger partial charge in [-0.05, 0) is 43.5 Å². The molecular weight excluding hydrogens is 374 g/mol. The molecule has 30 heavy (non-hydrogen) atoms. The predicted molar refractivity (Wildman–Crippen MR) is 118 cm³/mol. The molecular formula is C24H27N5O. The number of hydrogen-bond acceptors (Lipinski definition) is 5. The third-order valence-electron chi connectivity index (χ3n) is 6.33. The Morgan fingerprint density at radius 2 is 1.67 bits per heavy atom. The van der Waals surface area contributed by atoms with E-state index >= 15 is 0 Å². The normalized spacial score (nSPS) is 18.0. The Labute approximate surface area is 177 Å². The average molecular weight is 402 g/mol. The first-order valence-corrected chi connectivity index (χ1v) is 11.0. The molecule has 0 atom stereocenters. The molecule has 0 spiro atoms. The van der Waals surface area contributed by atoms with E-state index in [1.807, 2.05) is 30.3 Å². The molecule has 6 nitrogen and oxygen atoms in total. The van der Waals surface area contributed by atoms with Crippen LogP contribution < -0.4 is 4.90 Å². The first kappa shape index (κ1) is 19.0. The minimum atomic E-state index is 0.245. The van der Waals surface area contributed by atoms with Gasteiger partial charge in [-0.1, -0.05) is 25.0 Å². The lowest BCUT2D eigenvalue weighted by Crippen LogP contribution is -2.38. The molecule has 6 heteroatoms. The Hall–Kier alpha value is -3.02. The molecule has 1 saturated heterocycles. The number of fused-ring (bicyclic) bond motifs is 1. The van der Waals surface area contributed by atoms with Crippen molar-refractivity contribution in [3.8, 4) is 11.4 Å². The van der Waals surface area contributed by atoms with E-state index < -0.39 is 0 Å². The fourth-order valence-electron chi connectivity index (χ4n) is 4.71. The second-order valence-corrected chi connectivity index (χ2v) is 8.27. The number of pyridine rings is 1. The van der Waals surface area contributed by atoms with E-state index in [1.54, 1.807) is 12.4 Å². The molecule has 1 amide bonds. The summed E-state index contributed by atoms with van der Waals surface area (Å²) in [4.78, 5) is 31.2. The highest BCUT2D eigenvalue weighted by Gasteiger charge is 2.29. The summed E-state index contributed by atoms with van der Waals surface area (Å²) >= 11 is 0. The number of nitrogens with zero attached hydrogens (tertiary/aromatic N) is 5. The zero-order valence-corrected chi connectivity index (χ0v) is 17.2. The number of amides is 1. The summed E-state index contributed by atoms with van der Waals surface area (Å²) in [5, 5.41) is 1.06. The highest BCUT2D eigenvalue weighted by Crippen LogP contribution is 2.30. The molecule has 2 aliphatic rings. The standard InChI is InChI=1S/C24H27N5O/c30-24(19-6-1-2-7-19)29-15-5-14-28(16-17-29)23-20-8-3-4-9-21(20)26-22(27-23)18-10-12-25-13-11-18/h3-4,8-13,19H,1-2,5-7,14-17H2. The fourth-order valence-corrected chi connectivity index (χ4v) is 4.71. The number of aromatic nitrogens is 3. The van der Waals surface area contributed by atoms with Crippen molar-refractivity contribution in [3.63, 3.8) is 0 Å². The van der Waals surface area contributed by atoms with Crippen molar-refractivity contribution >= 4 is 22.6 Å². The topological polar surface area (TPSA) is 62.2 Å². The van der Waals surface area contributed by atoms with Gasteiger partial charge in [-0.25, -0.2) is 9.97 Å². The smallest absolute Gasteiger partial charge is 0.225 e. The van der Waals surface area contributed by atoms with Crippen LogP contribution in [0.5, 0.6) is 0 Å². The highest BCUT2D eigenvalue weighted by molar-refractivity contribution is 5.91. The number of anilines is 1. The summed E-state index contributed by atoms with van der Waals surface area (Å²) in [5.74, 6) is 2.28. The van der Waals surface area contributed by atoms with Gasteiger partial charge in [0.2, 0.25) is 5.91 Å². The molecule has 154 valence electrons. The van der Waals surface area contributed by atoms with Crippen molar-refractivity contribution in [1.82, 2.24) is 19.9 Å². The van der Waals surface area contributed by atoms with Crippen molar-refractivity contribution in [2.45, 2.75) is 32.1 Å². The Morgan fingerprint density at radius 1 is 0.867 bits per heavy atom. The summed E-state index contributed by atoms with van der Waals surface area (Å²) in [5.41, 5.74) is 1.90. The minimum absolute atomic E-state index is 0.245. The molecule has 0 N–H and O–H groups in total. The maximum absolute atomic E-state index is 12.9. The largest absolute Gasteiger partial charge is 0.354 e. The van der Waals surface area contributed by atoms with E-state index in [2.05, 4.69) is 20.9 Å². The fraction of sp³-hybridized carbons (Fsp3) is 0.417. The lowest BCUT2D eigenvalue weighted by Gasteiger charge is -2.25. The molecule has 5 rings (SSSR count). The van der Waals surface area contributed by atoms with Crippen LogP contribution in [0, 0.1) is 5.92 Å². The second kappa shape index (κ2) is 8.38. The minimum Gasteiger partial charge on any atom is -0.354 e. The van der Waals surface area contributed by atoms with Crippen molar-refractivity contribution in [1.29, 1.82) is 0 Å². The van der Waals surface area contributed by atoms with Crippen LogP contribution in [-0.2, 0) is 4.79 Å². The van der Waals surface area contributed by atoms with E-state index in [0.29, 0.717) is 11.7 Å². The van der Waals surface area contributed by atoms with Gasteiger partial charge in [-0.15, -0.1) is 0 Å². The molecule has 0 bridgehead atoms. The van der Waals surface area contributed by atoms with Crippen LogP contribution in [0.4, 0.5) is 5.82 Å². The monoisotopic (exact) mass is 401 g/mol. The van der Waals surface area contributed by atoms with Crippen LogP contribution in [0.25, 0.3) is 22.3 Å². The maximum atomic E-state index is 12.9. The van der Waals surface area contributed by atoms with E-state index in [9.17, 15) is 4.79 Å². The molecule has 0 unspecified atom stereocenters. The van der Waals surface area contributed by atoms with E-state index in [4.69, 9.17) is 9.97 Å². The third-order valence-corrected chi connectivity index (χ3v) is 6.33. The van der Waals surface area contributed by atoms with Gasteiger partial charge >= 0.3 is 0 Å². The number of rotatable bonds is 3. The van der Waals surface area contributed by atoms with Gasteiger partial charge in [0, 0.05) is 55.4 Å². The van der Waals surface area contributed by atoms with E-state index in [-0.39, 0.29) is 5.92 Å². The SMILES string of the molecule is O=C(C1CCCC1)N1CCCN(c2nc(-c3ccncc3)nc3ccccc23)CC1. The van der Waals surface area contributed by atoms with E-state index in [1.165, 1.54) is 12.8 Å². The van der Waals surface area contributed by atoms with Gasteiger partial charge < -0.3 is 9.80 Å². The average Bonchev–Trinajstić information content (AvgIpc) is 3.23.